The second kappa shape index (κ2) is 24.0. The molecule has 0 aliphatic heterocycles. The van der Waals surface area contributed by atoms with Gasteiger partial charge in [-0.15, -0.1) is 0 Å². The molecule has 0 aliphatic carbocycles. The van der Waals surface area contributed by atoms with Crippen LogP contribution in [-0.2, 0) is 11.2 Å². The molecule has 0 radical (unpaired) electrons. The lowest BCUT2D eigenvalue weighted by molar-refractivity contribution is -0.134. The molecule has 1 N–H and O–H groups in total. The fraction of sp³-hybridized carbons (Fsp3) is 0.788. The maximum atomic E-state index is 12.2. The quantitative estimate of drug-likeness (QED) is 0.0821. The molecule has 0 saturated carbocycles. The van der Waals surface area contributed by atoms with Gasteiger partial charge in [0, 0.05) is 6.42 Å². The molecule has 0 aliphatic rings. The molecule has 36 heavy (non-hydrogen) atoms. The van der Waals surface area contributed by atoms with Crippen LogP contribution in [0, 0.1) is 0 Å². The molecule has 0 heterocycles. The lowest BCUT2D eigenvalue weighted by Gasteiger charge is -2.10. The number of carbonyl (C=O) groups is 1. The van der Waals surface area contributed by atoms with Gasteiger partial charge in [-0.2, -0.15) is 0 Å². The third-order valence-corrected chi connectivity index (χ3v) is 7.26. The highest BCUT2D eigenvalue weighted by Crippen LogP contribution is 2.18. The Kier molecular flexibility index (Phi) is 21.8. The van der Waals surface area contributed by atoms with Crippen LogP contribution in [-0.4, -0.2) is 17.2 Å². The number of carbonyl (C=O) groups excluding carboxylic acids is 1. The molecule has 1 unspecified atom stereocenters. The number of hydrogen-bond acceptors (Lipinski definition) is 3. The second-order valence-corrected chi connectivity index (χ2v) is 10.9. The van der Waals surface area contributed by atoms with Gasteiger partial charge in [0.25, 0.3) is 0 Å². The summed E-state index contributed by atoms with van der Waals surface area (Å²) in [5.41, 5.74) is 1.27. The first-order chi connectivity index (χ1) is 17.7. The Balaban J connectivity index is 2.00. The summed E-state index contributed by atoms with van der Waals surface area (Å²) in [6.45, 7) is 4.51. The highest BCUT2D eigenvalue weighted by Gasteiger charge is 2.07. The van der Waals surface area contributed by atoms with Gasteiger partial charge in [0.1, 0.15) is 5.75 Å². The Morgan fingerprint density at radius 2 is 1.19 bits per heavy atom. The van der Waals surface area contributed by atoms with E-state index in [4.69, 9.17) is 4.74 Å². The van der Waals surface area contributed by atoms with Gasteiger partial charge in [-0.3, -0.25) is 4.79 Å². The van der Waals surface area contributed by atoms with Gasteiger partial charge < -0.3 is 9.84 Å². The van der Waals surface area contributed by atoms with E-state index in [0.717, 1.165) is 57.8 Å². The zero-order valence-electron chi connectivity index (χ0n) is 23.9. The van der Waals surface area contributed by atoms with E-state index in [1.54, 1.807) is 0 Å². The molecule has 1 rings (SSSR count). The first-order valence-corrected chi connectivity index (χ1v) is 15.6. The van der Waals surface area contributed by atoms with Crippen molar-refractivity contribution < 1.29 is 14.6 Å². The van der Waals surface area contributed by atoms with Crippen molar-refractivity contribution in [3.63, 3.8) is 0 Å². The minimum Gasteiger partial charge on any atom is -0.427 e. The Morgan fingerprint density at radius 1 is 0.694 bits per heavy atom. The number of hydrogen-bond donors (Lipinski definition) is 1. The number of aryl methyl sites for hydroxylation is 1. The average Bonchev–Trinajstić information content (AvgIpc) is 2.87. The van der Waals surface area contributed by atoms with E-state index in [1.165, 1.54) is 89.0 Å². The fourth-order valence-corrected chi connectivity index (χ4v) is 4.89. The summed E-state index contributed by atoms with van der Waals surface area (Å²) in [4.78, 5) is 12.2. The Hall–Kier alpha value is -1.35. The van der Waals surface area contributed by atoms with Crippen molar-refractivity contribution >= 4 is 5.97 Å². The van der Waals surface area contributed by atoms with Crippen LogP contribution in [0.4, 0.5) is 0 Å². The number of rotatable bonds is 25. The Morgan fingerprint density at radius 3 is 1.78 bits per heavy atom. The number of ether oxygens (including phenoxy) is 1. The summed E-state index contributed by atoms with van der Waals surface area (Å²) >= 11 is 0. The molecule has 0 amide bonds. The largest absolute Gasteiger partial charge is 0.427 e. The third kappa shape index (κ3) is 19.8. The maximum absolute atomic E-state index is 12.2. The Labute approximate surface area is 223 Å². The summed E-state index contributed by atoms with van der Waals surface area (Å²) in [7, 11) is 0. The minimum atomic E-state index is -0.128. The van der Waals surface area contributed by atoms with Crippen molar-refractivity contribution in [3.8, 4) is 5.75 Å². The predicted octanol–water partition coefficient (Wildman–Crippen LogP) is 10.1. The van der Waals surface area contributed by atoms with E-state index in [0.29, 0.717) is 12.2 Å². The topological polar surface area (TPSA) is 46.5 Å². The molecule has 0 bridgehead atoms. The molecular weight excluding hydrogens is 444 g/mol. The van der Waals surface area contributed by atoms with Crippen molar-refractivity contribution in [1.29, 1.82) is 0 Å². The number of unbranched alkanes of at least 4 members (excludes halogenated alkanes) is 16. The summed E-state index contributed by atoms with van der Waals surface area (Å²) in [5, 5.41) is 10.2. The molecular formula is C33H58O3. The molecule has 0 saturated heterocycles. The van der Waals surface area contributed by atoms with Crippen molar-refractivity contribution in [3.05, 3.63) is 29.8 Å². The predicted molar refractivity (Wildman–Crippen MR) is 155 cm³/mol. The summed E-state index contributed by atoms with van der Waals surface area (Å²) in [6.07, 6.45) is 26.9. The molecule has 3 nitrogen and oxygen atoms in total. The first-order valence-electron chi connectivity index (χ1n) is 15.6. The molecule has 0 spiro atoms. The zero-order chi connectivity index (χ0) is 26.1. The molecule has 1 aromatic rings. The van der Waals surface area contributed by atoms with E-state index in [9.17, 15) is 9.90 Å². The number of benzene rings is 1. The van der Waals surface area contributed by atoms with Crippen molar-refractivity contribution in [2.45, 2.75) is 168 Å². The second-order valence-electron chi connectivity index (χ2n) is 10.9. The van der Waals surface area contributed by atoms with Crippen LogP contribution in [0.25, 0.3) is 0 Å². The lowest BCUT2D eigenvalue weighted by Crippen LogP contribution is -2.08. The fourth-order valence-electron chi connectivity index (χ4n) is 4.89. The molecule has 1 aromatic carbocycles. The average molecular weight is 503 g/mol. The molecule has 0 fully saturated rings. The first kappa shape index (κ1) is 32.7. The van der Waals surface area contributed by atoms with Crippen LogP contribution in [0.3, 0.4) is 0 Å². The number of esters is 1. The number of aliphatic hydroxyl groups is 1. The maximum Gasteiger partial charge on any atom is 0.311 e. The van der Waals surface area contributed by atoms with Crippen LogP contribution >= 0.6 is 0 Å². The highest BCUT2D eigenvalue weighted by molar-refractivity contribution is 5.72. The van der Waals surface area contributed by atoms with Crippen LogP contribution < -0.4 is 4.74 Å². The molecule has 3 heteroatoms. The van der Waals surface area contributed by atoms with Crippen LogP contribution in [0.15, 0.2) is 24.3 Å². The van der Waals surface area contributed by atoms with E-state index >= 15 is 0 Å². The molecule has 1 atom stereocenters. The van der Waals surface area contributed by atoms with Crippen molar-refractivity contribution in [1.82, 2.24) is 0 Å². The van der Waals surface area contributed by atoms with Crippen LogP contribution in [0.2, 0.25) is 0 Å². The third-order valence-electron chi connectivity index (χ3n) is 7.26. The Bertz CT molecular complexity index is 627. The minimum absolute atomic E-state index is 0.117. The standard InChI is InChI=1S/C33H58O3/c1-3-5-7-9-11-14-18-23-30-24-22-27-32(29-30)36-33(35)28-21-17-13-16-20-26-31(34)25-19-15-12-10-8-6-4-2/h22,24,27,29,31,34H,3-21,23,25-26,28H2,1-2H3. The van der Waals surface area contributed by atoms with Gasteiger partial charge in [0.15, 0.2) is 0 Å². The molecule has 208 valence electrons. The van der Waals surface area contributed by atoms with E-state index < -0.39 is 0 Å². The van der Waals surface area contributed by atoms with Gasteiger partial charge in [-0.25, -0.2) is 0 Å². The van der Waals surface area contributed by atoms with Crippen LogP contribution in [0.1, 0.15) is 161 Å². The van der Waals surface area contributed by atoms with Crippen molar-refractivity contribution in [2.75, 3.05) is 0 Å². The molecule has 0 aromatic heterocycles. The van der Waals surface area contributed by atoms with Crippen molar-refractivity contribution in [2.24, 2.45) is 0 Å². The van der Waals surface area contributed by atoms with Gasteiger partial charge in [0.05, 0.1) is 6.10 Å². The number of aliphatic hydroxyl groups excluding tert-OH is 1. The normalized spacial score (nSPS) is 12.1. The summed E-state index contributed by atoms with van der Waals surface area (Å²) in [6, 6.07) is 8.07. The SMILES string of the molecule is CCCCCCCCCc1cccc(OC(=O)CCCCCCCC(O)CCCCCCCCC)c1. The van der Waals surface area contributed by atoms with Gasteiger partial charge in [-0.1, -0.05) is 135 Å². The summed E-state index contributed by atoms with van der Waals surface area (Å²) < 4.78 is 5.59. The van der Waals surface area contributed by atoms with E-state index in [2.05, 4.69) is 19.9 Å². The van der Waals surface area contributed by atoms with Gasteiger partial charge in [0.2, 0.25) is 0 Å². The van der Waals surface area contributed by atoms with Crippen LogP contribution in [0.5, 0.6) is 5.75 Å². The smallest absolute Gasteiger partial charge is 0.311 e. The summed E-state index contributed by atoms with van der Waals surface area (Å²) in [5.74, 6) is 0.573. The van der Waals surface area contributed by atoms with E-state index in [1.807, 2.05) is 18.2 Å². The zero-order valence-corrected chi connectivity index (χ0v) is 23.9. The van der Waals surface area contributed by atoms with Gasteiger partial charge in [-0.05, 0) is 49.8 Å². The van der Waals surface area contributed by atoms with Gasteiger partial charge >= 0.3 is 5.97 Å². The van der Waals surface area contributed by atoms with E-state index in [-0.39, 0.29) is 12.1 Å². The lowest BCUT2D eigenvalue weighted by atomic mass is 10.0. The monoisotopic (exact) mass is 502 g/mol. The highest BCUT2D eigenvalue weighted by atomic mass is 16.5.